The van der Waals surface area contributed by atoms with Crippen molar-refractivity contribution in [2.75, 3.05) is 19.7 Å². The van der Waals surface area contributed by atoms with Crippen LogP contribution in [0.4, 0.5) is 0 Å². The second-order valence-electron chi connectivity index (χ2n) is 4.22. The highest BCUT2D eigenvalue weighted by Crippen LogP contribution is 2.38. The number of ether oxygens (including phenoxy) is 1. The SMILES string of the molecule is N#CC1(NCCCN=[N+]=[N-])COc2cc(O)ccc21. The van der Waals surface area contributed by atoms with Crippen molar-refractivity contribution < 1.29 is 9.84 Å². The summed E-state index contributed by atoms with van der Waals surface area (Å²) in [5.41, 5.74) is 7.99. The van der Waals surface area contributed by atoms with Gasteiger partial charge in [-0.3, -0.25) is 5.32 Å². The number of benzene rings is 1. The van der Waals surface area contributed by atoms with E-state index in [0.29, 0.717) is 25.3 Å². The van der Waals surface area contributed by atoms with Gasteiger partial charge < -0.3 is 9.84 Å². The number of phenols is 1. The van der Waals surface area contributed by atoms with Crippen molar-refractivity contribution >= 4 is 0 Å². The highest BCUT2D eigenvalue weighted by molar-refractivity contribution is 5.50. The minimum absolute atomic E-state index is 0.107. The minimum atomic E-state index is -0.903. The summed E-state index contributed by atoms with van der Waals surface area (Å²) in [4.78, 5) is 2.67. The van der Waals surface area contributed by atoms with Crippen LogP contribution >= 0.6 is 0 Å². The van der Waals surface area contributed by atoms with Gasteiger partial charge in [0.05, 0.1) is 6.07 Å². The number of hydrogen-bond donors (Lipinski definition) is 2. The molecule has 2 rings (SSSR count). The van der Waals surface area contributed by atoms with E-state index in [1.54, 1.807) is 6.07 Å². The molecule has 0 amide bonds. The minimum Gasteiger partial charge on any atom is -0.508 e. The van der Waals surface area contributed by atoms with Crippen LogP contribution in [0.25, 0.3) is 10.4 Å². The van der Waals surface area contributed by atoms with Gasteiger partial charge in [-0.15, -0.1) is 0 Å². The summed E-state index contributed by atoms with van der Waals surface area (Å²) in [5.74, 6) is 0.625. The molecule has 0 spiro atoms. The molecule has 1 aliphatic rings. The quantitative estimate of drug-likeness (QED) is 0.363. The lowest BCUT2D eigenvalue weighted by Gasteiger charge is -2.21. The van der Waals surface area contributed by atoms with Crippen LogP contribution in [0.15, 0.2) is 23.3 Å². The lowest BCUT2D eigenvalue weighted by atomic mass is 9.93. The van der Waals surface area contributed by atoms with Gasteiger partial charge in [-0.1, -0.05) is 5.11 Å². The normalized spacial score (nSPS) is 19.9. The van der Waals surface area contributed by atoms with E-state index in [2.05, 4.69) is 21.4 Å². The van der Waals surface area contributed by atoms with Gasteiger partial charge in [-0.2, -0.15) is 5.26 Å². The van der Waals surface area contributed by atoms with Crippen molar-refractivity contribution in [2.24, 2.45) is 5.11 Å². The molecule has 2 N–H and O–H groups in total. The lowest BCUT2D eigenvalue weighted by Crippen LogP contribution is -2.43. The van der Waals surface area contributed by atoms with Gasteiger partial charge >= 0.3 is 0 Å². The number of phenolic OH excluding ortho intramolecular Hbond substituents is 1. The molecule has 0 bridgehead atoms. The van der Waals surface area contributed by atoms with Gasteiger partial charge in [-0.05, 0) is 30.6 Å². The molecule has 0 aromatic heterocycles. The van der Waals surface area contributed by atoms with Crippen LogP contribution in [-0.4, -0.2) is 24.8 Å². The number of aromatic hydroxyl groups is 1. The molecule has 0 aliphatic carbocycles. The first kappa shape index (κ1) is 13.0. The Morgan fingerprint density at radius 2 is 2.47 bits per heavy atom. The third-order valence-corrected chi connectivity index (χ3v) is 2.98. The molecule has 1 unspecified atom stereocenters. The average molecular weight is 259 g/mol. The summed E-state index contributed by atoms with van der Waals surface area (Å²) < 4.78 is 5.44. The third-order valence-electron chi connectivity index (χ3n) is 2.98. The summed E-state index contributed by atoms with van der Waals surface area (Å²) in [6.45, 7) is 1.12. The highest BCUT2D eigenvalue weighted by atomic mass is 16.5. The van der Waals surface area contributed by atoms with Crippen molar-refractivity contribution in [2.45, 2.75) is 12.0 Å². The zero-order valence-electron chi connectivity index (χ0n) is 10.2. The smallest absolute Gasteiger partial charge is 0.170 e. The van der Waals surface area contributed by atoms with E-state index in [0.717, 1.165) is 5.56 Å². The number of azide groups is 1. The molecule has 0 saturated heterocycles. The number of hydrogen-bond acceptors (Lipinski definition) is 5. The van der Waals surface area contributed by atoms with Crippen LogP contribution in [0, 0.1) is 11.3 Å². The van der Waals surface area contributed by atoms with Crippen molar-refractivity contribution in [1.29, 1.82) is 5.26 Å². The fourth-order valence-corrected chi connectivity index (χ4v) is 2.02. The second-order valence-corrected chi connectivity index (χ2v) is 4.22. The third kappa shape index (κ3) is 2.55. The number of fused-ring (bicyclic) bond motifs is 1. The van der Waals surface area contributed by atoms with Crippen LogP contribution < -0.4 is 10.1 Å². The molecule has 1 aromatic carbocycles. The Balaban J connectivity index is 2.09. The first-order valence-corrected chi connectivity index (χ1v) is 5.85. The van der Waals surface area contributed by atoms with Crippen molar-refractivity contribution in [1.82, 2.24) is 5.32 Å². The number of nitriles is 1. The van der Waals surface area contributed by atoms with Crippen LogP contribution in [0.1, 0.15) is 12.0 Å². The highest BCUT2D eigenvalue weighted by Gasteiger charge is 2.40. The predicted octanol–water partition coefficient (Wildman–Crippen LogP) is 1.79. The van der Waals surface area contributed by atoms with Crippen LogP contribution in [0.2, 0.25) is 0 Å². The van der Waals surface area contributed by atoms with E-state index >= 15 is 0 Å². The fourth-order valence-electron chi connectivity index (χ4n) is 2.02. The maximum Gasteiger partial charge on any atom is 0.170 e. The lowest BCUT2D eigenvalue weighted by molar-refractivity contribution is 0.270. The van der Waals surface area contributed by atoms with Crippen LogP contribution in [-0.2, 0) is 5.54 Å². The predicted molar refractivity (Wildman–Crippen MR) is 67.5 cm³/mol. The number of rotatable bonds is 5. The summed E-state index contributed by atoms with van der Waals surface area (Å²) in [5, 5.41) is 25.3. The first-order valence-electron chi connectivity index (χ1n) is 5.85. The van der Waals surface area contributed by atoms with E-state index in [1.165, 1.54) is 12.1 Å². The monoisotopic (exact) mass is 259 g/mol. The van der Waals surface area contributed by atoms with E-state index in [1.807, 2.05) is 0 Å². The molecule has 98 valence electrons. The molecule has 7 heteroatoms. The van der Waals surface area contributed by atoms with Gasteiger partial charge in [0.15, 0.2) is 5.54 Å². The molecule has 19 heavy (non-hydrogen) atoms. The number of nitrogens with zero attached hydrogens (tertiary/aromatic N) is 4. The molecular weight excluding hydrogens is 246 g/mol. The van der Waals surface area contributed by atoms with Crippen molar-refractivity contribution in [3.8, 4) is 17.6 Å². The maximum atomic E-state index is 9.40. The van der Waals surface area contributed by atoms with Gasteiger partial charge in [0.25, 0.3) is 0 Å². The van der Waals surface area contributed by atoms with Crippen LogP contribution in [0.5, 0.6) is 11.5 Å². The summed E-state index contributed by atoms with van der Waals surface area (Å²) in [6.07, 6.45) is 0.640. The first-order chi connectivity index (χ1) is 9.22. The van der Waals surface area contributed by atoms with Gasteiger partial charge in [-0.25, -0.2) is 0 Å². The Kier molecular flexibility index (Phi) is 3.76. The molecule has 0 saturated carbocycles. The summed E-state index contributed by atoms with van der Waals surface area (Å²) in [6, 6.07) is 6.93. The zero-order chi connectivity index (χ0) is 13.7. The van der Waals surface area contributed by atoms with Gasteiger partial charge in [0.2, 0.25) is 0 Å². The molecule has 1 heterocycles. The standard InChI is InChI=1S/C12H13N5O2/c13-7-12(15-4-1-5-16-17-14)8-19-11-6-9(18)2-3-10(11)12/h2-3,6,15,18H,1,4-5,8H2. The summed E-state index contributed by atoms with van der Waals surface area (Å²) in [7, 11) is 0. The van der Waals surface area contributed by atoms with E-state index < -0.39 is 5.54 Å². The zero-order valence-corrected chi connectivity index (χ0v) is 10.2. The Labute approximate surface area is 110 Å². The molecular formula is C12H13N5O2. The van der Waals surface area contributed by atoms with E-state index in [4.69, 9.17) is 10.3 Å². The van der Waals surface area contributed by atoms with Gasteiger partial charge in [0, 0.05) is 23.1 Å². The molecule has 1 aromatic rings. The Bertz CT molecular complexity index is 562. The topological polar surface area (TPSA) is 114 Å². The largest absolute Gasteiger partial charge is 0.508 e. The Morgan fingerprint density at radius 1 is 1.63 bits per heavy atom. The molecule has 0 radical (unpaired) electrons. The summed E-state index contributed by atoms with van der Waals surface area (Å²) >= 11 is 0. The van der Waals surface area contributed by atoms with Crippen LogP contribution in [0.3, 0.4) is 0 Å². The van der Waals surface area contributed by atoms with E-state index in [-0.39, 0.29) is 12.4 Å². The second kappa shape index (κ2) is 5.48. The average Bonchev–Trinajstić information content (AvgIpc) is 2.77. The maximum absolute atomic E-state index is 9.40. The Morgan fingerprint density at radius 3 is 3.21 bits per heavy atom. The molecule has 7 nitrogen and oxygen atoms in total. The Hall–Kier alpha value is -2.42. The van der Waals surface area contributed by atoms with E-state index in [9.17, 15) is 10.4 Å². The molecule has 0 fully saturated rings. The fraction of sp³-hybridized carbons (Fsp3) is 0.417. The van der Waals surface area contributed by atoms with Crippen molar-refractivity contribution in [3.63, 3.8) is 0 Å². The van der Waals surface area contributed by atoms with Gasteiger partial charge in [0.1, 0.15) is 18.1 Å². The molecule has 1 aliphatic heterocycles. The van der Waals surface area contributed by atoms with Crippen molar-refractivity contribution in [3.05, 3.63) is 34.2 Å². The molecule has 1 atom stereocenters. The number of nitrogens with one attached hydrogen (secondary N) is 1.